The Morgan fingerprint density at radius 3 is 2.87 bits per heavy atom. The fourth-order valence-electron chi connectivity index (χ4n) is 2.49. The minimum absolute atomic E-state index is 0.0119. The van der Waals surface area contributed by atoms with Crippen molar-refractivity contribution < 1.29 is 18.4 Å². The molecule has 0 aliphatic carbocycles. The molecule has 0 saturated heterocycles. The molecule has 0 spiro atoms. The van der Waals surface area contributed by atoms with Gasteiger partial charge < -0.3 is 9.74 Å². The third-order valence-corrected chi connectivity index (χ3v) is 3.90. The summed E-state index contributed by atoms with van der Waals surface area (Å²) in [7, 11) is 1.77. The van der Waals surface area contributed by atoms with Gasteiger partial charge in [-0.25, -0.2) is 8.78 Å². The third-order valence-electron chi connectivity index (χ3n) is 3.90. The van der Waals surface area contributed by atoms with Crippen LogP contribution in [0.15, 0.2) is 23.4 Å². The smallest absolute Gasteiger partial charge is 0.226 e. The number of amides is 1. The van der Waals surface area contributed by atoms with Gasteiger partial charge in [-0.05, 0) is 18.6 Å². The van der Waals surface area contributed by atoms with Crippen molar-refractivity contribution in [3.05, 3.63) is 35.4 Å². The fraction of sp³-hybridized carbons (Fsp3) is 0.529. The lowest BCUT2D eigenvalue weighted by atomic mass is 10.0. The van der Waals surface area contributed by atoms with E-state index in [-0.39, 0.29) is 17.9 Å². The minimum atomic E-state index is -0.670. The Morgan fingerprint density at radius 2 is 2.17 bits per heavy atom. The Balaban J connectivity index is 1.86. The van der Waals surface area contributed by atoms with Gasteiger partial charge in [-0.2, -0.15) is 0 Å². The summed E-state index contributed by atoms with van der Waals surface area (Å²) in [6.45, 7) is 2.83. The van der Waals surface area contributed by atoms with Gasteiger partial charge in [0.05, 0.1) is 12.1 Å². The summed E-state index contributed by atoms with van der Waals surface area (Å²) in [6, 6.07) is 3.34. The van der Waals surface area contributed by atoms with Crippen LogP contribution in [0.4, 0.5) is 8.78 Å². The highest BCUT2D eigenvalue weighted by atomic mass is 19.1. The molecule has 1 atom stereocenters. The maximum absolute atomic E-state index is 13.7. The van der Waals surface area contributed by atoms with Crippen LogP contribution < -0.4 is 0 Å². The van der Waals surface area contributed by atoms with E-state index in [1.807, 2.05) is 0 Å². The number of oxime groups is 1. The molecule has 1 unspecified atom stereocenters. The first-order chi connectivity index (χ1) is 11.0. The highest BCUT2D eigenvalue weighted by Gasteiger charge is 2.27. The SMILES string of the molecule is CCCCCN(C)C(=O)CC1CC(c2ccc(F)cc2F)=NO1. The molecule has 1 aromatic rings. The Labute approximate surface area is 135 Å². The summed E-state index contributed by atoms with van der Waals surface area (Å²) >= 11 is 0. The molecule has 1 aliphatic rings. The second kappa shape index (κ2) is 8.04. The zero-order chi connectivity index (χ0) is 16.8. The molecule has 1 aromatic carbocycles. The molecule has 1 aliphatic heterocycles. The Bertz CT molecular complexity index is 590. The van der Waals surface area contributed by atoms with Crippen molar-refractivity contribution in [3.8, 4) is 0 Å². The van der Waals surface area contributed by atoms with E-state index in [1.165, 1.54) is 12.1 Å². The van der Waals surface area contributed by atoms with Crippen LogP contribution in [-0.2, 0) is 9.63 Å². The van der Waals surface area contributed by atoms with Crippen molar-refractivity contribution in [2.24, 2.45) is 5.16 Å². The molecule has 6 heteroatoms. The zero-order valence-corrected chi connectivity index (χ0v) is 13.5. The van der Waals surface area contributed by atoms with Crippen LogP contribution in [0.25, 0.3) is 0 Å². The lowest BCUT2D eigenvalue weighted by Crippen LogP contribution is -2.30. The topological polar surface area (TPSA) is 41.9 Å². The van der Waals surface area contributed by atoms with E-state index in [2.05, 4.69) is 12.1 Å². The van der Waals surface area contributed by atoms with E-state index in [9.17, 15) is 13.6 Å². The van der Waals surface area contributed by atoms with Crippen molar-refractivity contribution in [2.45, 2.75) is 45.1 Å². The Morgan fingerprint density at radius 1 is 1.39 bits per heavy atom. The molecule has 2 rings (SSSR count). The molecule has 0 radical (unpaired) electrons. The van der Waals surface area contributed by atoms with Crippen LogP contribution in [-0.4, -0.2) is 36.2 Å². The zero-order valence-electron chi connectivity index (χ0n) is 13.5. The standard InChI is InChI=1S/C17H22F2N2O2/c1-3-4-5-8-21(2)17(22)11-13-10-16(20-23-13)14-7-6-12(18)9-15(14)19/h6-7,9,13H,3-5,8,10-11H2,1-2H3. The van der Waals surface area contributed by atoms with Crippen molar-refractivity contribution in [1.82, 2.24) is 4.90 Å². The van der Waals surface area contributed by atoms with E-state index < -0.39 is 17.7 Å². The van der Waals surface area contributed by atoms with Crippen LogP contribution >= 0.6 is 0 Å². The maximum atomic E-state index is 13.7. The van der Waals surface area contributed by atoms with Gasteiger partial charge in [-0.15, -0.1) is 0 Å². The van der Waals surface area contributed by atoms with E-state index in [0.29, 0.717) is 12.1 Å². The maximum Gasteiger partial charge on any atom is 0.226 e. The minimum Gasteiger partial charge on any atom is -0.391 e. The van der Waals surface area contributed by atoms with Crippen molar-refractivity contribution >= 4 is 11.6 Å². The summed E-state index contributed by atoms with van der Waals surface area (Å²) < 4.78 is 26.7. The lowest BCUT2D eigenvalue weighted by Gasteiger charge is -2.18. The number of hydrogen-bond acceptors (Lipinski definition) is 3. The molecular weight excluding hydrogens is 302 g/mol. The number of carbonyl (C=O) groups is 1. The Hall–Kier alpha value is -1.98. The number of benzene rings is 1. The van der Waals surface area contributed by atoms with E-state index in [1.54, 1.807) is 11.9 Å². The fourth-order valence-corrected chi connectivity index (χ4v) is 2.49. The van der Waals surface area contributed by atoms with Crippen molar-refractivity contribution in [1.29, 1.82) is 0 Å². The second-order valence-electron chi connectivity index (χ2n) is 5.82. The predicted octanol–water partition coefficient (Wildman–Crippen LogP) is 3.50. The van der Waals surface area contributed by atoms with Gasteiger partial charge in [0.15, 0.2) is 0 Å². The molecule has 0 fully saturated rings. The van der Waals surface area contributed by atoms with Crippen LogP contribution in [0.3, 0.4) is 0 Å². The molecular formula is C17H22F2N2O2. The number of carbonyl (C=O) groups excluding carboxylic acids is 1. The summed E-state index contributed by atoms with van der Waals surface area (Å²) in [6.07, 6.45) is 3.33. The first kappa shape index (κ1) is 17.4. The molecule has 4 nitrogen and oxygen atoms in total. The monoisotopic (exact) mass is 324 g/mol. The molecule has 0 aromatic heterocycles. The van der Waals surface area contributed by atoms with Gasteiger partial charge in [-0.3, -0.25) is 4.79 Å². The molecule has 1 heterocycles. The lowest BCUT2D eigenvalue weighted by molar-refractivity contribution is -0.132. The van der Waals surface area contributed by atoms with E-state index >= 15 is 0 Å². The third kappa shape index (κ3) is 4.74. The van der Waals surface area contributed by atoms with Gasteiger partial charge in [0.2, 0.25) is 5.91 Å². The molecule has 1 amide bonds. The molecule has 0 saturated carbocycles. The predicted molar refractivity (Wildman–Crippen MR) is 84.2 cm³/mol. The number of rotatable bonds is 7. The second-order valence-corrected chi connectivity index (χ2v) is 5.82. The number of hydrogen-bond donors (Lipinski definition) is 0. The summed E-state index contributed by atoms with van der Waals surface area (Å²) in [4.78, 5) is 19.0. The summed E-state index contributed by atoms with van der Waals surface area (Å²) in [5, 5.41) is 3.85. The molecule has 0 bridgehead atoms. The van der Waals surface area contributed by atoms with E-state index in [4.69, 9.17) is 4.84 Å². The normalized spacial score (nSPS) is 16.9. The molecule has 126 valence electrons. The number of halogens is 2. The number of nitrogens with zero attached hydrogens (tertiary/aromatic N) is 2. The van der Waals surface area contributed by atoms with Crippen LogP contribution in [0.1, 0.15) is 44.6 Å². The highest BCUT2D eigenvalue weighted by molar-refractivity contribution is 6.01. The van der Waals surface area contributed by atoms with Crippen LogP contribution in [0.5, 0.6) is 0 Å². The van der Waals surface area contributed by atoms with Crippen LogP contribution in [0, 0.1) is 11.6 Å². The van der Waals surface area contributed by atoms with Gasteiger partial charge >= 0.3 is 0 Å². The first-order valence-corrected chi connectivity index (χ1v) is 7.93. The van der Waals surface area contributed by atoms with Crippen molar-refractivity contribution in [2.75, 3.05) is 13.6 Å². The van der Waals surface area contributed by atoms with E-state index in [0.717, 1.165) is 31.9 Å². The summed E-state index contributed by atoms with van der Waals surface area (Å²) in [5.41, 5.74) is 0.631. The molecule has 23 heavy (non-hydrogen) atoms. The highest BCUT2D eigenvalue weighted by Crippen LogP contribution is 2.22. The Kier molecular flexibility index (Phi) is 6.07. The average Bonchev–Trinajstić information content (AvgIpc) is 2.95. The van der Waals surface area contributed by atoms with Crippen molar-refractivity contribution in [3.63, 3.8) is 0 Å². The van der Waals surface area contributed by atoms with Crippen LogP contribution in [0.2, 0.25) is 0 Å². The quantitative estimate of drug-likeness (QED) is 0.720. The first-order valence-electron chi connectivity index (χ1n) is 7.93. The van der Waals surface area contributed by atoms with Gasteiger partial charge in [0, 0.05) is 31.6 Å². The summed E-state index contributed by atoms with van der Waals surface area (Å²) in [5.74, 6) is -1.32. The van der Waals surface area contributed by atoms with Gasteiger partial charge in [0.1, 0.15) is 17.7 Å². The molecule has 0 N–H and O–H groups in total. The largest absolute Gasteiger partial charge is 0.391 e. The number of unbranched alkanes of at least 4 members (excludes halogenated alkanes) is 2. The van der Waals surface area contributed by atoms with Gasteiger partial charge in [-0.1, -0.05) is 24.9 Å². The van der Waals surface area contributed by atoms with Gasteiger partial charge in [0.25, 0.3) is 0 Å². The average molecular weight is 324 g/mol.